The van der Waals surface area contributed by atoms with Crippen molar-refractivity contribution in [3.8, 4) is 0 Å². The lowest BCUT2D eigenvalue weighted by Gasteiger charge is -2.22. The molecule has 2 nitrogen and oxygen atoms in total. The SMILES string of the molecule is c1cn(CC2CCCc3sccc32)cn1. The number of thiophene rings is 1. The number of fused-ring (bicyclic) bond motifs is 1. The van der Waals surface area contributed by atoms with Crippen LogP contribution in [0.5, 0.6) is 0 Å². The molecule has 1 aliphatic carbocycles. The minimum absolute atomic E-state index is 0.703. The largest absolute Gasteiger partial charge is 0.337 e. The van der Waals surface area contributed by atoms with Gasteiger partial charge in [-0.3, -0.25) is 0 Å². The summed E-state index contributed by atoms with van der Waals surface area (Å²) in [6.07, 6.45) is 9.78. The van der Waals surface area contributed by atoms with Gasteiger partial charge in [-0.05, 0) is 36.3 Å². The van der Waals surface area contributed by atoms with Gasteiger partial charge in [-0.1, -0.05) is 0 Å². The van der Waals surface area contributed by atoms with Crippen LogP contribution in [0.1, 0.15) is 29.2 Å². The van der Waals surface area contributed by atoms with E-state index in [0.29, 0.717) is 5.92 Å². The summed E-state index contributed by atoms with van der Waals surface area (Å²) in [5.41, 5.74) is 1.58. The van der Waals surface area contributed by atoms with E-state index < -0.39 is 0 Å². The summed E-state index contributed by atoms with van der Waals surface area (Å²) in [5.74, 6) is 0.703. The average Bonchev–Trinajstić information content (AvgIpc) is 2.87. The van der Waals surface area contributed by atoms with Crippen molar-refractivity contribution in [2.24, 2.45) is 0 Å². The molecule has 1 unspecified atom stereocenters. The molecule has 0 aromatic carbocycles. The standard InChI is InChI=1S/C12H14N2S/c1-2-10(8-14-6-5-13-9-14)11-4-7-15-12(11)3-1/h4-7,9-10H,1-3,8H2. The fourth-order valence-electron chi connectivity index (χ4n) is 2.42. The van der Waals surface area contributed by atoms with E-state index in [2.05, 4.69) is 27.2 Å². The van der Waals surface area contributed by atoms with Crippen LogP contribution >= 0.6 is 11.3 Å². The van der Waals surface area contributed by atoms with Crippen molar-refractivity contribution in [1.82, 2.24) is 9.55 Å². The van der Waals surface area contributed by atoms with Crippen LogP contribution in [0, 0.1) is 0 Å². The van der Waals surface area contributed by atoms with Gasteiger partial charge in [0.2, 0.25) is 0 Å². The lowest BCUT2D eigenvalue weighted by molar-refractivity contribution is 0.487. The van der Waals surface area contributed by atoms with Crippen LogP contribution in [-0.2, 0) is 13.0 Å². The highest BCUT2D eigenvalue weighted by molar-refractivity contribution is 7.10. The zero-order valence-electron chi connectivity index (χ0n) is 8.60. The van der Waals surface area contributed by atoms with E-state index in [1.165, 1.54) is 19.3 Å². The molecule has 3 heteroatoms. The number of aromatic nitrogens is 2. The predicted octanol–water partition coefficient (Wildman–Crippen LogP) is 3.06. The van der Waals surface area contributed by atoms with Gasteiger partial charge in [0, 0.05) is 29.7 Å². The molecule has 0 radical (unpaired) electrons. The fourth-order valence-corrected chi connectivity index (χ4v) is 3.43. The molecule has 1 aliphatic rings. The van der Waals surface area contributed by atoms with E-state index in [-0.39, 0.29) is 0 Å². The van der Waals surface area contributed by atoms with Crippen LogP contribution in [0.25, 0.3) is 0 Å². The van der Waals surface area contributed by atoms with Crippen molar-refractivity contribution >= 4 is 11.3 Å². The monoisotopic (exact) mass is 218 g/mol. The van der Waals surface area contributed by atoms with Gasteiger partial charge in [-0.2, -0.15) is 0 Å². The third kappa shape index (κ3) is 1.72. The molecule has 1 atom stereocenters. The molecule has 0 fully saturated rings. The number of hydrogen-bond donors (Lipinski definition) is 0. The number of nitrogens with zero attached hydrogens (tertiary/aromatic N) is 2. The molecule has 0 saturated carbocycles. The van der Waals surface area contributed by atoms with Crippen molar-refractivity contribution in [3.05, 3.63) is 40.6 Å². The highest BCUT2D eigenvalue weighted by Gasteiger charge is 2.21. The number of aryl methyl sites for hydroxylation is 1. The first kappa shape index (κ1) is 9.16. The molecular formula is C12H14N2S. The Morgan fingerprint density at radius 3 is 3.40 bits per heavy atom. The third-order valence-electron chi connectivity index (χ3n) is 3.17. The summed E-state index contributed by atoms with van der Waals surface area (Å²) in [4.78, 5) is 5.70. The Morgan fingerprint density at radius 2 is 2.53 bits per heavy atom. The lowest BCUT2D eigenvalue weighted by Crippen LogP contribution is -2.12. The number of imidazole rings is 1. The first-order chi connectivity index (χ1) is 7.43. The van der Waals surface area contributed by atoms with Gasteiger partial charge < -0.3 is 4.57 Å². The van der Waals surface area contributed by atoms with E-state index in [4.69, 9.17) is 0 Å². The van der Waals surface area contributed by atoms with E-state index >= 15 is 0 Å². The maximum absolute atomic E-state index is 4.10. The molecule has 0 aliphatic heterocycles. The Balaban J connectivity index is 1.84. The first-order valence-electron chi connectivity index (χ1n) is 5.45. The molecule has 15 heavy (non-hydrogen) atoms. The Morgan fingerprint density at radius 1 is 1.53 bits per heavy atom. The molecule has 2 aromatic rings. The van der Waals surface area contributed by atoms with Crippen LogP contribution in [0.2, 0.25) is 0 Å². The molecule has 3 rings (SSSR count). The molecule has 0 amide bonds. The first-order valence-corrected chi connectivity index (χ1v) is 6.33. The third-order valence-corrected chi connectivity index (χ3v) is 4.16. The molecule has 2 aromatic heterocycles. The number of hydrogen-bond acceptors (Lipinski definition) is 2. The summed E-state index contributed by atoms with van der Waals surface area (Å²) in [6, 6.07) is 2.31. The molecule has 78 valence electrons. The normalized spacial score (nSPS) is 20.1. The maximum atomic E-state index is 4.10. The second-order valence-electron chi connectivity index (χ2n) is 4.15. The maximum Gasteiger partial charge on any atom is 0.0946 e. The Labute approximate surface area is 93.6 Å². The van der Waals surface area contributed by atoms with E-state index in [1.54, 1.807) is 10.4 Å². The van der Waals surface area contributed by atoms with Crippen LogP contribution in [0.4, 0.5) is 0 Å². The second-order valence-corrected chi connectivity index (χ2v) is 5.15. The average molecular weight is 218 g/mol. The van der Waals surface area contributed by atoms with Crippen molar-refractivity contribution in [3.63, 3.8) is 0 Å². The van der Waals surface area contributed by atoms with E-state index in [9.17, 15) is 0 Å². The summed E-state index contributed by atoms with van der Waals surface area (Å²) < 4.78 is 2.19. The van der Waals surface area contributed by atoms with E-state index in [1.807, 2.05) is 23.9 Å². The smallest absolute Gasteiger partial charge is 0.0946 e. The van der Waals surface area contributed by atoms with Gasteiger partial charge in [0.25, 0.3) is 0 Å². The highest BCUT2D eigenvalue weighted by Crippen LogP contribution is 2.35. The van der Waals surface area contributed by atoms with Crippen LogP contribution in [-0.4, -0.2) is 9.55 Å². The van der Waals surface area contributed by atoms with Gasteiger partial charge in [-0.25, -0.2) is 4.98 Å². The summed E-state index contributed by atoms with van der Waals surface area (Å²) in [6.45, 7) is 1.09. The summed E-state index contributed by atoms with van der Waals surface area (Å²) in [5, 5.41) is 2.23. The van der Waals surface area contributed by atoms with Crippen LogP contribution in [0.15, 0.2) is 30.2 Å². The van der Waals surface area contributed by atoms with Gasteiger partial charge in [0.05, 0.1) is 6.33 Å². The van der Waals surface area contributed by atoms with Crippen LogP contribution < -0.4 is 0 Å². The Kier molecular flexibility index (Phi) is 2.33. The molecular weight excluding hydrogens is 204 g/mol. The molecule has 0 saturated heterocycles. The van der Waals surface area contributed by atoms with E-state index in [0.717, 1.165) is 6.54 Å². The van der Waals surface area contributed by atoms with Gasteiger partial charge in [0.1, 0.15) is 0 Å². The van der Waals surface area contributed by atoms with Gasteiger partial charge in [-0.15, -0.1) is 11.3 Å². The van der Waals surface area contributed by atoms with Crippen molar-refractivity contribution in [2.45, 2.75) is 31.7 Å². The predicted molar refractivity (Wildman–Crippen MR) is 62.2 cm³/mol. The van der Waals surface area contributed by atoms with Crippen molar-refractivity contribution in [2.75, 3.05) is 0 Å². The molecule has 0 spiro atoms. The topological polar surface area (TPSA) is 17.8 Å². The second kappa shape index (κ2) is 3.81. The lowest BCUT2D eigenvalue weighted by atomic mass is 9.88. The summed E-state index contributed by atoms with van der Waals surface area (Å²) in [7, 11) is 0. The molecule has 0 bridgehead atoms. The number of rotatable bonds is 2. The quantitative estimate of drug-likeness (QED) is 0.757. The van der Waals surface area contributed by atoms with Crippen molar-refractivity contribution < 1.29 is 0 Å². The Hall–Kier alpha value is -1.09. The molecule has 2 heterocycles. The van der Waals surface area contributed by atoms with Crippen molar-refractivity contribution in [1.29, 1.82) is 0 Å². The van der Waals surface area contributed by atoms with Gasteiger partial charge in [0.15, 0.2) is 0 Å². The zero-order chi connectivity index (χ0) is 10.1. The zero-order valence-corrected chi connectivity index (χ0v) is 9.41. The van der Waals surface area contributed by atoms with Crippen LogP contribution in [0.3, 0.4) is 0 Å². The minimum Gasteiger partial charge on any atom is -0.337 e. The molecule has 0 N–H and O–H groups in total. The Bertz CT molecular complexity index is 430. The fraction of sp³-hybridized carbons (Fsp3) is 0.417. The highest BCUT2D eigenvalue weighted by atomic mass is 32.1. The summed E-state index contributed by atoms with van der Waals surface area (Å²) >= 11 is 1.92. The minimum atomic E-state index is 0.703. The van der Waals surface area contributed by atoms with Gasteiger partial charge >= 0.3 is 0 Å².